The molecule has 0 bridgehead atoms. The van der Waals surface area contributed by atoms with Crippen molar-refractivity contribution in [2.45, 2.75) is 83.9 Å². The minimum Gasteiger partial charge on any atom is -0.378 e. The molecule has 1 aliphatic carbocycles. The number of rotatable bonds is 5. The predicted octanol–water partition coefficient (Wildman–Crippen LogP) is 3.96. The van der Waals surface area contributed by atoms with E-state index in [1.54, 1.807) is 0 Å². The van der Waals surface area contributed by atoms with Gasteiger partial charge in [-0.05, 0) is 51.7 Å². The summed E-state index contributed by atoms with van der Waals surface area (Å²) in [4.78, 5) is 11.7. The third-order valence-corrected chi connectivity index (χ3v) is 6.67. The number of nitrogens with zero attached hydrogens (tertiary/aromatic N) is 4. The van der Waals surface area contributed by atoms with Crippen LogP contribution in [0.5, 0.6) is 0 Å². The van der Waals surface area contributed by atoms with Gasteiger partial charge in [-0.1, -0.05) is 30.8 Å². The fraction of sp³-hybridized carbons (Fsp3) is 0.696. The van der Waals surface area contributed by atoms with E-state index in [0.29, 0.717) is 23.8 Å². The van der Waals surface area contributed by atoms with Crippen LogP contribution in [-0.4, -0.2) is 53.5 Å². The van der Waals surface area contributed by atoms with Crippen LogP contribution in [0, 0.1) is 20.8 Å². The second-order valence-electron chi connectivity index (χ2n) is 8.88. The van der Waals surface area contributed by atoms with Crippen molar-refractivity contribution in [3.63, 3.8) is 0 Å². The summed E-state index contributed by atoms with van der Waals surface area (Å²) < 4.78 is 11.4. The quantitative estimate of drug-likeness (QED) is 0.744. The summed E-state index contributed by atoms with van der Waals surface area (Å²) in [5.74, 6) is 2.08. The Labute approximate surface area is 179 Å². The average Bonchev–Trinajstić information content (AvgIpc) is 3.01. The average molecular weight is 414 g/mol. The van der Waals surface area contributed by atoms with Crippen molar-refractivity contribution in [1.82, 2.24) is 20.4 Å². The van der Waals surface area contributed by atoms with E-state index in [1.807, 2.05) is 14.0 Å². The number of hydrogen-bond donors (Lipinski definition) is 1. The standard InChI is InChI=1S/C23H35N5O2/c1-15-13-19(23-25-17(3)27-30-23)22(24-16(15)2)28-12-11-20(21(14-28)29-4)26-18-9-7-5-6-8-10-18/h13,18,20-21,26H,5-12,14H2,1-4H3. The Hall–Kier alpha value is -1.99. The first kappa shape index (κ1) is 21.2. The lowest BCUT2D eigenvalue weighted by Crippen LogP contribution is -2.56. The van der Waals surface area contributed by atoms with Crippen LogP contribution in [-0.2, 0) is 4.74 Å². The molecular weight excluding hydrogens is 378 g/mol. The van der Waals surface area contributed by atoms with Gasteiger partial charge in [0.15, 0.2) is 5.82 Å². The fourth-order valence-electron chi connectivity index (χ4n) is 4.78. The van der Waals surface area contributed by atoms with Gasteiger partial charge in [-0.2, -0.15) is 4.98 Å². The highest BCUT2D eigenvalue weighted by atomic mass is 16.5. The Balaban J connectivity index is 1.53. The zero-order valence-electron chi connectivity index (χ0n) is 18.8. The zero-order chi connectivity index (χ0) is 21.1. The van der Waals surface area contributed by atoms with Crippen molar-refractivity contribution in [3.05, 3.63) is 23.1 Å². The SMILES string of the molecule is COC1CN(c2nc(C)c(C)cc2-c2nc(C)no2)CCC1NC1CCCCCC1. The van der Waals surface area contributed by atoms with Crippen molar-refractivity contribution >= 4 is 5.82 Å². The molecule has 2 fully saturated rings. The van der Waals surface area contributed by atoms with Crippen LogP contribution < -0.4 is 10.2 Å². The van der Waals surface area contributed by atoms with Gasteiger partial charge in [-0.25, -0.2) is 4.98 Å². The summed E-state index contributed by atoms with van der Waals surface area (Å²) in [6.45, 7) is 7.69. The Morgan fingerprint density at radius 3 is 2.50 bits per heavy atom. The van der Waals surface area contributed by atoms with Gasteiger partial charge in [-0.15, -0.1) is 0 Å². The topological polar surface area (TPSA) is 76.3 Å². The summed E-state index contributed by atoms with van der Waals surface area (Å²) in [5, 5.41) is 7.91. The minimum atomic E-state index is 0.127. The van der Waals surface area contributed by atoms with Crippen molar-refractivity contribution in [3.8, 4) is 11.5 Å². The van der Waals surface area contributed by atoms with Crippen LogP contribution in [0.4, 0.5) is 5.82 Å². The maximum absolute atomic E-state index is 5.95. The summed E-state index contributed by atoms with van der Waals surface area (Å²) in [6, 6.07) is 3.12. The second kappa shape index (κ2) is 9.43. The summed E-state index contributed by atoms with van der Waals surface area (Å²) in [6.07, 6.45) is 9.17. The van der Waals surface area contributed by atoms with Crippen LogP contribution in [0.25, 0.3) is 11.5 Å². The van der Waals surface area contributed by atoms with Gasteiger partial charge in [0, 0.05) is 38.0 Å². The van der Waals surface area contributed by atoms with Gasteiger partial charge in [-0.3, -0.25) is 0 Å². The highest BCUT2D eigenvalue weighted by Crippen LogP contribution is 2.32. The van der Waals surface area contributed by atoms with E-state index in [1.165, 1.54) is 38.5 Å². The molecule has 1 aliphatic heterocycles. The lowest BCUT2D eigenvalue weighted by Gasteiger charge is -2.40. The van der Waals surface area contributed by atoms with E-state index in [4.69, 9.17) is 14.2 Å². The molecule has 2 atom stereocenters. The maximum Gasteiger partial charge on any atom is 0.261 e. The molecule has 1 N–H and O–H groups in total. The van der Waals surface area contributed by atoms with Gasteiger partial charge < -0.3 is 19.5 Å². The van der Waals surface area contributed by atoms with Crippen LogP contribution in [0.3, 0.4) is 0 Å². The number of pyridine rings is 1. The first-order chi connectivity index (χ1) is 14.5. The number of aromatic nitrogens is 3. The molecule has 1 saturated heterocycles. The van der Waals surface area contributed by atoms with Crippen LogP contribution in [0.15, 0.2) is 10.6 Å². The molecule has 0 spiro atoms. The number of anilines is 1. The molecular formula is C23H35N5O2. The van der Waals surface area contributed by atoms with Crippen molar-refractivity contribution < 1.29 is 9.26 Å². The number of hydrogen-bond acceptors (Lipinski definition) is 7. The van der Waals surface area contributed by atoms with E-state index < -0.39 is 0 Å². The van der Waals surface area contributed by atoms with Gasteiger partial charge in [0.1, 0.15) is 5.82 Å². The van der Waals surface area contributed by atoms with E-state index >= 15 is 0 Å². The Morgan fingerprint density at radius 1 is 1.07 bits per heavy atom. The molecule has 2 aromatic rings. The molecule has 1 saturated carbocycles. The molecule has 30 heavy (non-hydrogen) atoms. The maximum atomic E-state index is 5.95. The Bertz CT molecular complexity index is 844. The number of piperidine rings is 1. The van der Waals surface area contributed by atoms with E-state index in [9.17, 15) is 0 Å². The first-order valence-electron chi connectivity index (χ1n) is 11.4. The monoisotopic (exact) mass is 413 g/mol. The molecule has 3 heterocycles. The Morgan fingerprint density at radius 2 is 1.83 bits per heavy atom. The number of methoxy groups -OCH3 is 1. The highest BCUT2D eigenvalue weighted by molar-refractivity contribution is 5.71. The molecule has 0 radical (unpaired) electrons. The van der Waals surface area contributed by atoms with Gasteiger partial charge in [0.05, 0.1) is 11.7 Å². The third-order valence-electron chi connectivity index (χ3n) is 6.67. The van der Waals surface area contributed by atoms with Gasteiger partial charge >= 0.3 is 0 Å². The fourth-order valence-corrected chi connectivity index (χ4v) is 4.78. The van der Waals surface area contributed by atoms with Crippen molar-refractivity contribution in [1.29, 1.82) is 0 Å². The van der Waals surface area contributed by atoms with Crippen molar-refractivity contribution in [2.75, 3.05) is 25.1 Å². The largest absolute Gasteiger partial charge is 0.378 e. The molecule has 2 aromatic heterocycles. The lowest BCUT2D eigenvalue weighted by molar-refractivity contribution is 0.0547. The molecule has 0 aromatic carbocycles. The van der Waals surface area contributed by atoms with E-state index in [-0.39, 0.29) is 6.10 Å². The molecule has 2 unspecified atom stereocenters. The predicted molar refractivity (Wildman–Crippen MR) is 118 cm³/mol. The number of aryl methyl sites for hydroxylation is 3. The number of nitrogens with one attached hydrogen (secondary N) is 1. The molecule has 2 aliphatic rings. The summed E-state index contributed by atoms with van der Waals surface area (Å²) in [7, 11) is 1.83. The van der Waals surface area contributed by atoms with Gasteiger partial charge in [0.25, 0.3) is 5.89 Å². The van der Waals surface area contributed by atoms with Crippen LogP contribution in [0.2, 0.25) is 0 Å². The zero-order valence-corrected chi connectivity index (χ0v) is 18.8. The van der Waals surface area contributed by atoms with Crippen LogP contribution in [0.1, 0.15) is 62.0 Å². The highest BCUT2D eigenvalue weighted by Gasteiger charge is 2.33. The number of ether oxygens (including phenoxy) is 1. The molecule has 164 valence electrons. The molecule has 7 heteroatoms. The third kappa shape index (κ3) is 4.67. The van der Waals surface area contributed by atoms with E-state index in [2.05, 4.69) is 40.3 Å². The molecule has 4 rings (SSSR count). The van der Waals surface area contributed by atoms with Crippen LogP contribution >= 0.6 is 0 Å². The summed E-state index contributed by atoms with van der Waals surface area (Å²) >= 11 is 0. The van der Waals surface area contributed by atoms with Gasteiger partial charge in [0.2, 0.25) is 0 Å². The smallest absolute Gasteiger partial charge is 0.261 e. The normalized spacial score (nSPS) is 23.5. The Kier molecular flexibility index (Phi) is 6.68. The lowest BCUT2D eigenvalue weighted by atomic mass is 9.98. The van der Waals surface area contributed by atoms with Crippen molar-refractivity contribution in [2.24, 2.45) is 0 Å². The van der Waals surface area contributed by atoms with E-state index in [0.717, 1.165) is 42.1 Å². The molecule has 7 nitrogen and oxygen atoms in total. The first-order valence-corrected chi connectivity index (χ1v) is 11.4. The molecule has 0 amide bonds. The minimum absolute atomic E-state index is 0.127. The summed E-state index contributed by atoms with van der Waals surface area (Å²) in [5.41, 5.74) is 3.05. The second-order valence-corrected chi connectivity index (χ2v) is 8.88.